The van der Waals surface area contributed by atoms with Gasteiger partial charge in [-0.3, -0.25) is 0 Å². The van der Waals surface area contributed by atoms with E-state index in [0.29, 0.717) is 18.2 Å². The normalized spacial score (nSPS) is 10.6. The molecule has 2 rings (SSSR count). The lowest BCUT2D eigenvalue weighted by atomic mass is 9.63. The van der Waals surface area contributed by atoms with Crippen molar-refractivity contribution in [3.05, 3.63) is 53.1 Å². The second-order valence-electron chi connectivity index (χ2n) is 4.19. The van der Waals surface area contributed by atoms with E-state index in [1.54, 1.807) is 0 Å². The standard InChI is InChI=1S/C13H7BF6O/c1-21-13-9(19)4-8(18)11(12(13)20)14-10-6(16)2-5(15)3-7(10)17/h2-4,14H,1H3. The highest BCUT2D eigenvalue weighted by Crippen LogP contribution is 2.20. The van der Waals surface area contributed by atoms with Crippen molar-refractivity contribution >= 4 is 18.2 Å². The fourth-order valence-electron chi connectivity index (χ4n) is 1.88. The van der Waals surface area contributed by atoms with Gasteiger partial charge in [-0.05, 0) is 10.9 Å². The first kappa shape index (κ1) is 15.3. The third kappa shape index (κ3) is 2.84. The highest BCUT2D eigenvalue weighted by atomic mass is 19.2. The van der Waals surface area contributed by atoms with Crippen molar-refractivity contribution in [2.45, 2.75) is 0 Å². The molecular formula is C13H7BF6O. The van der Waals surface area contributed by atoms with E-state index in [9.17, 15) is 26.3 Å². The van der Waals surface area contributed by atoms with Crippen LogP contribution < -0.4 is 15.7 Å². The van der Waals surface area contributed by atoms with Crippen LogP contribution in [0.3, 0.4) is 0 Å². The molecule has 21 heavy (non-hydrogen) atoms. The van der Waals surface area contributed by atoms with Gasteiger partial charge in [0, 0.05) is 18.2 Å². The summed E-state index contributed by atoms with van der Waals surface area (Å²) in [4.78, 5) is 0. The van der Waals surface area contributed by atoms with E-state index in [-0.39, 0.29) is 0 Å². The molecule has 0 saturated heterocycles. The van der Waals surface area contributed by atoms with Gasteiger partial charge in [-0.25, -0.2) is 26.3 Å². The molecule has 0 bridgehead atoms. The Morgan fingerprint density at radius 2 is 1.29 bits per heavy atom. The number of ether oxygens (including phenoxy) is 1. The van der Waals surface area contributed by atoms with Crippen LogP contribution in [0.5, 0.6) is 5.75 Å². The second-order valence-corrected chi connectivity index (χ2v) is 4.19. The van der Waals surface area contributed by atoms with Crippen molar-refractivity contribution in [2.75, 3.05) is 7.11 Å². The molecule has 110 valence electrons. The number of hydrogen-bond acceptors (Lipinski definition) is 1. The SMILES string of the molecule is COc1c(F)cc(F)c(Bc2c(F)cc(F)cc2F)c1F. The summed E-state index contributed by atoms with van der Waals surface area (Å²) in [6.45, 7) is 0. The predicted octanol–water partition coefficient (Wildman–Crippen LogP) is 1.92. The molecule has 0 aliphatic carbocycles. The highest BCUT2D eigenvalue weighted by molar-refractivity contribution is 6.67. The van der Waals surface area contributed by atoms with Crippen LogP contribution in [-0.2, 0) is 0 Å². The Kier molecular flexibility index (Phi) is 4.15. The van der Waals surface area contributed by atoms with E-state index in [1.165, 1.54) is 0 Å². The average Bonchev–Trinajstić information content (AvgIpc) is 2.36. The largest absolute Gasteiger partial charge is 0.491 e. The number of rotatable bonds is 3. The van der Waals surface area contributed by atoms with Gasteiger partial charge in [0.1, 0.15) is 23.3 Å². The van der Waals surface area contributed by atoms with Crippen molar-refractivity contribution in [1.29, 1.82) is 0 Å². The molecule has 0 aliphatic heterocycles. The van der Waals surface area contributed by atoms with Gasteiger partial charge in [0.25, 0.3) is 0 Å². The van der Waals surface area contributed by atoms with Crippen molar-refractivity contribution in [1.82, 2.24) is 0 Å². The summed E-state index contributed by atoms with van der Waals surface area (Å²) >= 11 is 0. The zero-order chi connectivity index (χ0) is 15.7. The lowest BCUT2D eigenvalue weighted by Crippen LogP contribution is -2.37. The number of halogens is 6. The molecule has 0 spiro atoms. The zero-order valence-corrected chi connectivity index (χ0v) is 10.6. The maximum atomic E-state index is 13.9. The minimum absolute atomic E-state index is 0.344. The molecule has 0 aromatic heterocycles. The van der Waals surface area contributed by atoms with E-state index < -0.39 is 58.9 Å². The summed E-state index contributed by atoms with van der Waals surface area (Å²) < 4.78 is 84.9. The maximum Gasteiger partial charge on any atom is 0.207 e. The van der Waals surface area contributed by atoms with E-state index in [4.69, 9.17) is 0 Å². The molecule has 0 fully saturated rings. The lowest BCUT2D eigenvalue weighted by molar-refractivity contribution is 0.358. The quantitative estimate of drug-likeness (QED) is 0.622. The number of benzene rings is 2. The summed E-state index contributed by atoms with van der Waals surface area (Å²) in [5, 5.41) is 0. The van der Waals surface area contributed by atoms with E-state index >= 15 is 0 Å². The van der Waals surface area contributed by atoms with Crippen molar-refractivity contribution in [3.63, 3.8) is 0 Å². The second kappa shape index (κ2) is 5.71. The van der Waals surface area contributed by atoms with Gasteiger partial charge in [0.05, 0.1) is 7.11 Å². The molecule has 2 aromatic rings. The number of methoxy groups -OCH3 is 1. The maximum absolute atomic E-state index is 13.9. The Bertz CT molecular complexity index is 681. The molecule has 0 unspecified atom stereocenters. The smallest absolute Gasteiger partial charge is 0.207 e. The Hall–Kier alpha value is -2.12. The fourth-order valence-corrected chi connectivity index (χ4v) is 1.88. The lowest BCUT2D eigenvalue weighted by Gasteiger charge is -2.10. The van der Waals surface area contributed by atoms with Crippen LogP contribution in [0.4, 0.5) is 26.3 Å². The molecule has 0 saturated carbocycles. The average molecular weight is 304 g/mol. The minimum atomic E-state index is -1.40. The van der Waals surface area contributed by atoms with Gasteiger partial charge in [0.2, 0.25) is 7.28 Å². The first-order chi connectivity index (χ1) is 9.85. The summed E-state index contributed by atoms with van der Waals surface area (Å²) in [6.07, 6.45) is 0. The van der Waals surface area contributed by atoms with Crippen molar-refractivity contribution in [2.24, 2.45) is 0 Å². The molecule has 0 aliphatic rings. The van der Waals surface area contributed by atoms with Gasteiger partial charge in [-0.15, -0.1) is 0 Å². The Morgan fingerprint density at radius 3 is 1.81 bits per heavy atom. The van der Waals surface area contributed by atoms with Crippen LogP contribution in [0.1, 0.15) is 0 Å². The first-order valence-electron chi connectivity index (χ1n) is 5.69. The molecule has 2 aromatic carbocycles. The Balaban J connectivity index is 2.55. The van der Waals surface area contributed by atoms with Gasteiger partial charge in [-0.2, -0.15) is 0 Å². The highest BCUT2D eigenvalue weighted by Gasteiger charge is 2.23. The van der Waals surface area contributed by atoms with Gasteiger partial charge in [0.15, 0.2) is 17.4 Å². The van der Waals surface area contributed by atoms with Crippen molar-refractivity contribution < 1.29 is 31.1 Å². The van der Waals surface area contributed by atoms with Crippen molar-refractivity contribution in [3.8, 4) is 5.75 Å². The molecule has 0 heterocycles. The molecule has 0 amide bonds. The van der Waals surface area contributed by atoms with Gasteiger partial charge in [-0.1, -0.05) is 0 Å². The van der Waals surface area contributed by atoms with Crippen LogP contribution in [0.25, 0.3) is 0 Å². The topological polar surface area (TPSA) is 9.23 Å². The van der Waals surface area contributed by atoms with Crippen LogP contribution >= 0.6 is 0 Å². The Labute approximate surface area is 116 Å². The summed E-state index contributed by atoms with van der Waals surface area (Å²) in [5.41, 5.74) is -1.51. The fraction of sp³-hybridized carbons (Fsp3) is 0.0769. The zero-order valence-electron chi connectivity index (χ0n) is 10.6. The Morgan fingerprint density at radius 1 is 0.762 bits per heavy atom. The van der Waals surface area contributed by atoms with E-state index in [1.807, 2.05) is 0 Å². The molecular weight excluding hydrogens is 297 g/mol. The monoisotopic (exact) mass is 304 g/mol. The number of hydrogen-bond donors (Lipinski definition) is 0. The first-order valence-corrected chi connectivity index (χ1v) is 5.69. The molecule has 0 radical (unpaired) electrons. The van der Waals surface area contributed by atoms with Gasteiger partial charge < -0.3 is 4.74 Å². The molecule has 0 N–H and O–H groups in total. The van der Waals surface area contributed by atoms with Crippen LogP contribution in [0.15, 0.2) is 18.2 Å². The third-order valence-electron chi connectivity index (χ3n) is 2.89. The van der Waals surface area contributed by atoms with Crippen LogP contribution in [-0.4, -0.2) is 14.4 Å². The predicted molar refractivity (Wildman–Crippen MR) is 65.6 cm³/mol. The van der Waals surface area contributed by atoms with Crippen LogP contribution in [0, 0.1) is 34.9 Å². The summed E-state index contributed by atoms with van der Waals surface area (Å²) in [6, 6.07) is 1.11. The summed E-state index contributed by atoms with van der Waals surface area (Å²) in [5.74, 6) is -8.63. The van der Waals surface area contributed by atoms with Crippen LogP contribution in [0.2, 0.25) is 0 Å². The summed E-state index contributed by atoms with van der Waals surface area (Å²) in [7, 11) is 0.106. The molecule has 1 nitrogen and oxygen atoms in total. The molecule has 8 heteroatoms. The minimum Gasteiger partial charge on any atom is -0.491 e. The molecule has 0 atom stereocenters. The third-order valence-corrected chi connectivity index (χ3v) is 2.89. The van der Waals surface area contributed by atoms with E-state index in [0.717, 1.165) is 7.11 Å². The van der Waals surface area contributed by atoms with Gasteiger partial charge >= 0.3 is 0 Å². The van der Waals surface area contributed by atoms with E-state index in [2.05, 4.69) is 4.74 Å².